The van der Waals surface area contributed by atoms with Crippen molar-refractivity contribution in [3.8, 4) is 0 Å². The largest absolute Gasteiger partial charge is 0.416 e. The number of likely N-dealkylation sites (tertiary alicyclic amines) is 2. The van der Waals surface area contributed by atoms with E-state index in [2.05, 4.69) is 14.7 Å². The number of nitrogens with one attached hydrogen (secondary N) is 1. The van der Waals surface area contributed by atoms with Crippen molar-refractivity contribution in [3.63, 3.8) is 0 Å². The number of anilines is 2. The van der Waals surface area contributed by atoms with Gasteiger partial charge in [-0.3, -0.25) is 4.90 Å². The van der Waals surface area contributed by atoms with E-state index in [4.69, 9.17) is 0 Å². The molecule has 208 valence electrons. The maximum Gasteiger partial charge on any atom is 0.416 e. The van der Waals surface area contributed by atoms with Gasteiger partial charge in [-0.2, -0.15) is 17.9 Å². The Bertz CT molecular complexity index is 1130. The summed E-state index contributed by atoms with van der Waals surface area (Å²) < 4.78 is 58.8. The third kappa shape index (κ3) is 5.61. The molecule has 1 aromatic carbocycles. The number of halogens is 4. The third-order valence-corrected chi connectivity index (χ3v) is 8.65. The summed E-state index contributed by atoms with van der Waals surface area (Å²) in [5.74, 6) is 0.629. The van der Waals surface area contributed by atoms with Crippen molar-refractivity contribution in [2.24, 2.45) is 0 Å². The molecule has 1 N–H and O–H groups in total. The number of alkyl halides is 4. The molecule has 12 heteroatoms. The van der Waals surface area contributed by atoms with Crippen LogP contribution < -0.4 is 9.62 Å². The number of hydrogen-bond acceptors (Lipinski definition) is 6. The van der Waals surface area contributed by atoms with Gasteiger partial charge in [0.2, 0.25) is 0 Å². The second-order valence-corrected chi connectivity index (χ2v) is 11.1. The zero-order valence-electron chi connectivity index (χ0n) is 21.5. The number of carbonyl (C=O) groups excluding carboxylic acids is 1. The Hall–Kier alpha value is -2.47. The second kappa shape index (κ2) is 11.0. The Kier molecular flexibility index (Phi) is 7.82. The van der Waals surface area contributed by atoms with Crippen LogP contribution in [0.15, 0.2) is 30.5 Å². The smallest absolute Gasteiger partial charge is 0.371 e. The van der Waals surface area contributed by atoms with E-state index >= 15 is 0 Å². The zero-order chi connectivity index (χ0) is 26.9. The number of benzene rings is 1. The van der Waals surface area contributed by atoms with E-state index in [-0.39, 0.29) is 11.6 Å². The quantitative estimate of drug-likeness (QED) is 0.382. The van der Waals surface area contributed by atoms with Crippen LogP contribution in [0.1, 0.15) is 49.7 Å². The maximum atomic E-state index is 13.8. The highest BCUT2D eigenvalue weighted by Crippen LogP contribution is 2.41. The van der Waals surface area contributed by atoms with Crippen molar-refractivity contribution in [1.29, 1.82) is 0 Å². The predicted molar refractivity (Wildman–Crippen MR) is 141 cm³/mol. The van der Waals surface area contributed by atoms with Crippen LogP contribution in [0.2, 0.25) is 0 Å². The summed E-state index contributed by atoms with van der Waals surface area (Å²) >= 11 is 1.41. The van der Waals surface area contributed by atoms with Crippen LogP contribution in [0.4, 0.5) is 33.9 Å². The summed E-state index contributed by atoms with van der Waals surface area (Å²) in [5, 5.41) is 4.29. The molecule has 1 spiro atoms. The molecule has 0 bridgehead atoms. The first-order chi connectivity index (χ1) is 18.2. The van der Waals surface area contributed by atoms with Crippen LogP contribution in [-0.4, -0.2) is 76.3 Å². The highest BCUT2D eigenvalue weighted by atomic mass is 32.2. The lowest BCUT2D eigenvalue weighted by Crippen LogP contribution is -2.53. The Labute approximate surface area is 224 Å². The van der Waals surface area contributed by atoms with Crippen molar-refractivity contribution in [2.75, 3.05) is 48.6 Å². The van der Waals surface area contributed by atoms with Crippen LogP contribution in [0.5, 0.6) is 0 Å². The van der Waals surface area contributed by atoms with Gasteiger partial charge in [-0.25, -0.2) is 9.18 Å². The number of hydrogen-bond donors (Lipinski definition) is 1. The molecule has 3 aliphatic rings. The van der Waals surface area contributed by atoms with Gasteiger partial charge in [-0.15, -0.1) is 5.10 Å². The average molecular weight is 555 g/mol. The van der Waals surface area contributed by atoms with E-state index in [1.807, 2.05) is 16.1 Å². The van der Waals surface area contributed by atoms with E-state index < -0.39 is 17.9 Å². The monoisotopic (exact) mass is 554 g/mol. The first-order valence-corrected chi connectivity index (χ1v) is 14.4. The van der Waals surface area contributed by atoms with Gasteiger partial charge >= 0.3 is 12.2 Å². The molecule has 0 radical (unpaired) electrons. The SMILES string of the molecule is CSNc1ccn(C(=O)N2CCC3(CCCN3Cc3ccc(C(F)(F)F)cc3N3CCC(F)CC3)CC2)n1. The third-order valence-electron chi connectivity index (χ3n) is 8.24. The molecular formula is C26H34F4N6OS. The van der Waals surface area contributed by atoms with Crippen molar-refractivity contribution in [3.05, 3.63) is 41.6 Å². The van der Waals surface area contributed by atoms with Crippen molar-refractivity contribution >= 4 is 29.5 Å². The van der Waals surface area contributed by atoms with Crippen LogP contribution in [0.3, 0.4) is 0 Å². The predicted octanol–water partition coefficient (Wildman–Crippen LogP) is 5.63. The zero-order valence-corrected chi connectivity index (χ0v) is 22.3. The Morgan fingerprint density at radius 1 is 1.11 bits per heavy atom. The minimum atomic E-state index is -4.43. The normalized spacial score (nSPS) is 20.9. The molecule has 1 aromatic heterocycles. The van der Waals surface area contributed by atoms with Gasteiger partial charge in [0.15, 0.2) is 5.82 Å². The summed E-state index contributed by atoms with van der Waals surface area (Å²) in [5.41, 5.74) is 0.657. The van der Waals surface area contributed by atoms with Gasteiger partial charge < -0.3 is 14.5 Å². The number of nitrogens with zero attached hydrogens (tertiary/aromatic N) is 5. The first-order valence-electron chi connectivity index (χ1n) is 13.2. The average Bonchev–Trinajstić information content (AvgIpc) is 3.52. The fourth-order valence-electron chi connectivity index (χ4n) is 6.12. The topological polar surface area (TPSA) is 56.6 Å². The molecule has 5 rings (SSSR count). The molecule has 0 saturated carbocycles. The highest BCUT2D eigenvalue weighted by molar-refractivity contribution is 7.99. The molecule has 0 aliphatic carbocycles. The summed E-state index contributed by atoms with van der Waals surface area (Å²) in [7, 11) is 0. The number of rotatable bonds is 5. The molecule has 3 fully saturated rings. The highest BCUT2D eigenvalue weighted by Gasteiger charge is 2.44. The minimum Gasteiger partial charge on any atom is -0.371 e. The number of amides is 1. The number of carbonyl (C=O) groups is 1. The molecule has 7 nitrogen and oxygen atoms in total. The molecule has 3 aliphatic heterocycles. The molecule has 3 saturated heterocycles. The lowest BCUT2D eigenvalue weighted by molar-refractivity contribution is -0.137. The molecule has 38 heavy (non-hydrogen) atoms. The molecular weight excluding hydrogens is 520 g/mol. The van der Waals surface area contributed by atoms with E-state index in [0.717, 1.165) is 43.9 Å². The maximum absolute atomic E-state index is 13.8. The Morgan fingerprint density at radius 3 is 2.53 bits per heavy atom. The van der Waals surface area contributed by atoms with Crippen LogP contribution >= 0.6 is 11.9 Å². The van der Waals surface area contributed by atoms with Crippen molar-refractivity contribution < 1.29 is 22.4 Å². The Morgan fingerprint density at radius 2 is 1.84 bits per heavy atom. The van der Waals surface area contributed by atoms with Gasteiger partial charge in [0.05, 0.1) is 5.56 Å². The standard InChI is InChI=1S/C26H34F4N6OS/c1-38-32-23-7-14-36(31-23)24(37)34-15-9-25(10-16-34)8-2-11-35(25)18-19-3-4-20(26(28,29)30)17-22(19)33-12-5-21(27)6-13-33/h3-4,7,14,17,21H,2,5-6,8-13,15-16,18H2,1H3,(H,31,32). The summed E-state index contributed by atoms with van der Waals surface area (Å²) in [6, 6.07) is 5.61. The molecule has 0 atom stereocenters. The molecule has 4 heterocycles. The fraction of sp³-hybridized carbons (Fsp3) is 0.615. The fourth-order valence-corrected chi connectivity index (χ4v) is 6.44. The van der Waals surface area contributed by atoms with E-state index in [1.54, 1.807) is 18.3 Å². The van der Waals surface area contributed by atoms with Crippen LogP contribution in [-0.2, 0) is 12.7 Å². The second-order valence-electron chi connectivity index (χ2n) is 10.5. The first kappa shape index (κ1) is 27.1. The van der Waals surface area contributed by atoms with Gasteiger partial charge in [0.1, 0.15) is 6.17 Å². The molecule has 2 aromatic rings. The number of aromatic nitrogens is 2. The lowest BCUT2D eigenvalue weighted by Gasteiger charge is -2.45. The van der Waals surface area contributed by atoms with Crippen LogP contribution in [0, 0.1) is 0 Å². The molecule has 1 amide bonds. The van der Waals surface area contributed by atoms with E-state index in [1.165, 1.54) is 22.7 Å². The van der Waals surface area contributed by atoms with Gasteiger partial charge in [0, 0.05) is 62.5 Å². The van der Waals surface area contributed by atoms with Gasteiger partial charge in [0.25, 0.3) is 0 Å². The summed E-state index contributed by atoms with van der Waals surface area (Å²) in [6.45, 7) is 3.44. The van der Waals surface area contributed by atoms with Crippen molar-refractivity contribution in [2.45, 2.75) is 63.0 Å². The van der Waals surface area contributed by atoms with Gasteiger partial charge in [-0.05, 0) is 62.8 Å². The lowest BCUT2D eigenvalue weighted by atomic mass is 9.84. The Balaban J connectivity index is 1.30. The van der Waals surface area contributed by atoms with Crippen molar-refractivity contribution in [1.82, 2.24) is 19.6 Å². The number of piperidine rings is 2. The minimum absolute atomic E-state index is 0.0850. The summed E-state index contributed by atoms with van der Waals surface area (Å²) in [6.07, 6.45) is 2.51. The van der Waals surface area contributed by atoms with Crippen LogP contribution in [0.25, 0.3) is 0 Å². The van der Waals surface area contributed by atoms with E-state index in [0.29, 0.717) is 57.1 Å². The summed E-state index contributed by atoms with van der Waals surface area (Å²) in [4.78, 5) is 19.1. The van der Waals surface area contributed by atoms with E-state index in [9.17, 15) is 22.4 Å². The van der Waals surface area contributed by atoms with Gasteiger partial charge in [-0.1, -0.05) is 18.0 Å². The molecule has 0 unspecified atom stereocenters.